The SMILES string of the molecule is COCCn1nc(N)c2ncc(C3CC3)nc21. The third-order valence-corrected chi connectivity index (χ3v) is 2.99. The Hall–Kier alpha value is -1.69. The van der Waals surface area contributed by atoms with E-state index >= 15 is 0 Å². The maximum atomic E-state index is 5.82. The van der Waals surface area contributed by atoms with Gasteiger partial charge in [-0.3, -0.25) is 0 Å². The average molecular weight is 233 g/mol. The molecule has 1 aliphatic carbocycles. The van der Waals surface area contributed by atoms with Crippen molar-refractivity contribution in [3.63, 3.8) is 0 Å². The lowest BCUT2D eigenvalue weighted by Crippen LogP contribution is -2.07. The van der Waals surface area contributed by atoms with Crippen LogP contribution in [0.25, 0.3) is 11.2 Å². The number of nitrogen functional groups attached to an aromatic ring is 1. The van der Waals surface area contributed by atoms with Gasteiger partial charge in [-0.15, -0.1) is 0 Å². The first-order valence-corrected chi connectivity index (χ1v) is 5.77. The van der Waals surface area contributed by atoms with Crippen molar-refractivity contribution in [1.29, 1.82) is 0 Å². The van der Waals surface area contributed by atoms with Crippen LogP contribution in [-0.4, -0.2) is 33.5 Å². The molecule has 0 amide bonds. The Morgan fingerprint density at radius 1 is 1.53 bits per heavy atom. The van der Waals surface area contributed by atoms with Gasteiger partial charge >= 0.3 is 0 Å². The normalized spacial score (nSPS) is 15.6. The van der Waals surface area contributed by atoms with Crippen LogP contribution in [0.3, 0.4) is 0 Å². The fraction of sp³-hybridized carbons (Fsp3) is 0.545. The second-order valence-corrected chi connectivity index (χ2v) is 4.34. The molecule has 0 aromatic carbocycles. The van der Waals surface area contributed by atoms with Gasteiger partial charge in [-0.2, -0.15) is 5.10 Å². The molecule has 0 radical (unpaired) electrons. The predicted molar refractivity (Wildman–Crippen MR) is 63.6 cm³/mol. The van der Waals surface area contributed by atoms with Crippen LogP contribution in [0.15, 0.2) is 6.20 Å². The summed E-state index contributed by atoms with van der Waals surface area (Å²) in [5.41, 5.74) is 8.32. The van der Waals surface area contributed by atoms with Gasteiger partial charge in [0.15, 0.2) is 17.0 Å². The molecule has 0 unspecified atom stereocenters. The van der Waals surface area contributed by atoms with Gasteiger partial charge in [0.05, 0.1) is 18.8 Å². The second kappa shape index (κ2) is 3.96. The maximum absolute atomic E-state index is 5.82. The lowest BCUT2D eigenvalue weighted by atomic mass is 10.3. The number of ether oxygens (including phenoxy) is 1. The van der Waals surface area contributed by atoms with E-state index < -0.39 is 0 Å². The molecule has 2 heterocycles. The van der Waals surface area contributed by atoms with E-state index in [0.717, 1.165) is 11.3 Å². The summed E-state index contributed by atoms with van der Waals surface area (Å²) >= 11 is 0. The minimum atomic E-state index is 0.436. The molecule has 2 aromatic rings. The molecule has 2 N–H and O–H groups in total. The number of hydrogen-bond donors (Lipinski definition) is 1. The van der Waals surface area contributed by atoms with E-state index in [9.17, 15) is 0 Å². The van der Waals surface area contributed by atoms with Gasteiger partial charge in [0.1, 0.15) is 0 Å². The fourth-order valence-corrected chi connectivity index (χ4v) is 1.89. The van der Waals surface area contributed by atoms with Crippen molar-refractivity contribution in [2.75, 3.05) is 19.5 Å². The molecule has 90 valence electrons. The van der Waals surface area contributed by atoms with Crippen molar-refractivity contribution in [1.82, 2.24) is 19.7 Å². The summed E-state index contributed by atoms with van der Waals surface area (Å²) in [6.07, 6.45) is 4.24. The topological polar surface area (TPSA) is 78.9 Å². The lowest BCUT2D eigenvalue weighted by Gasteiger charge is -2.02. The molecule has 0 aliphatic heterocycles. The van der Waals surface area contributed by atoms with Gasteiger partial charge in [0.2, 0.25) is 0 Å². The molecule has 6 heteroatoms. The van der Waals surface area contributed by atoms with Crippen LogP contribution >= 0.6 is 0 Å². The number of nitrogens with zero attached hydrogens (tertiary/aromatic N) is 4. The molecule has 2 aromatic heterocycles. The second-order valence-electron chi connectivity index (χ2n) is 4.34. The monoisotopic (exact) mass is 233 g/mol. The Bertz CT molecular complexity index is 546. The van der Waals surface area contributed by atoms with Gasteiger partial charge in [0.25, 0.3) is 0 Å². The van der Waals surface area contributed by atoms with Crippen molar-refractivity contribution in [2.24, 2.45) is 0 Å². The Kier molecular flexibility index (Phi) is 2.44. The molecule has 1 saturated carbocycles. The van der Waals surface area contributed by atoms with E-state index in [1.807, 2.05) is 6.20 Å². The molecule has 1 fully saturated rings. The van der Waals surface area contributed by atoms with Gasteiger partial charge in [-0.1, -0.05) is 0 Å². The summed E-state index contributed by atoms with van der Waals surface area (Å²) in [7, 11) is 1.66. The summed E-state index contributed by atoms with van der Waals surface area (Å²) < 4.78 is 6.82. The van der Waals surface area contributed by atoms with E-state index in [1.54, 1.807) is 11.8 Å². The molecular weight excluding hydrogens is 218 g/mol. The molecule has 0 atom stereocenters. The number of hydrogen-bond acceptors (Lipinski definition) is 5. The summed E-state index contributed by atoms with van der Waals surface area (Å²) in [6, 6.07) is 0. The zero-order valence-corrected chi connectivity index (χ0v) is 9.76. The minimum absolute atomic E-state index is 0.436. The standard InChI is InChI=1S/C11H15N5O/c1-17-5-4-16-11-9(10(12)15-16)13-6-8(14-11)7-2-3-7/h6-7H,2-5H2,1H3,(H2,12,15). The summed E-state index contributed by atoms with van der Waals surface area (Å²) in [4.78, 5) is 8.97. The Morgan fingerprint density at radius 2 is 2.35 bits per heavy atom. The van der Waals surface area contributed by atoms with Crippen LogP contribution < -0.4 is 5.73 Å². The van der Waals surface area contributed by atoms with Gasteiger partial charge < -0.3 is 10.5 Å². The average Bonchev–Trinajstić information content (AvgIpc) is 3.14. The van der Waals surface area contributed by atoms with Crippen LogP contribution in [-0.2, 0) is 11.3 Å². The lowest BCUT2D eigenvalue weighted by molar-refractivity contribution is 0.185. The van der Waals surface area contributed by atoms with Crippen LogP contribution in [0.4, 0.5) is 5.82 Å². The first kappa shape index (κ1) is 10.5. The smallest absolute Gasteiger partial charge is 0.179 e. The quantitative estimate of drug-likeness (QED) is 0.850. The van der Waals surface area contributed by atoms with Crippen LogP contribution in [0.1, 0.15) is 24.5 Å². The highest BCUT2D eigenvalue weighted by molar-refractivity contribution is 5.81. The summed E-state index contributed by atoms with van der Waals surface area (Å²) in [5.74, 6) is 1.02. The fourth-order valence-electron chi connectivity index (χ4n) is 1.89. The number of nitrogens with two attached hydrogens (primary N) is 1. The number of aromatic nitrogens is 4. The van der Waals surface area contributed by atoms with E-state index in [4.69, 9.17) is 10.5 Å². The van der Waals surface area contributed by atoms with Gasteiger partial charge in [-0.05, 0) is 12.8 Å². The zero-order valence-electron chi connectivity index (χ0n) is 9.76. The molecule has 1 aliphatic rings. The Balaban J connectivity index is 2.04. The van der Waals surface area contributed by atoms with Crippen LogP contribution in [0, 0.1) is 0 Å². The molecular formula is C11H15N5O. The highest BCUT2D eigenvalue weighted by atomic mass is 16.5. The van der Waals surface area contributed by atoms with E-state index in [0.29, 0.717) is 30.4 Å². The van der Waals surface area contributed by atoms with Crippen molar-refractivity contribution >= 4 is 17.0 Å². The Labute approximate surface area is 98.8 Å². The highest BCUT2D eigenvalue weighted by Crippen LogP contribution is 2.39. The first-order chi connectivity index (χ1) is 8.29. The van der Waals surface area contributed by atoms with E-state index in [-0.39, 0.29) is 0 Å². The summed E-state index contributed by atoms with van der Waals surface area (Å²) in [6.45, 7) is 1.23. The molecule has 0 bridgehead atoms. The first-order valence-electron chi connectivity index (χ1n) is 5.77. The van der Waals surface area contributed by atoms with Crippen molar-refractivity contribution < 1.29 is 4.74 Å². The molecule has 6 nitrogen and oxygen atoms in total. The van der Waals surface area contributed by atoms with Gasteiger partial charge in [-0.25, -0.2) is 14.6 Å². The van der Waals surface area contributed by atoms with Crippen LogP contribution in [0.2, 0.25) is 0 Å². The number of anilines is 1. The molecule has 3 rings (SSSR count). The minimum Gasteiger partial charge on any atom is -0.383 e. The predicted octanol–water partition coefficient (Wildman–Crippen LogP) is 0.932. The van der Waals surface area contributed by atoms with Crippen molar-refractivity contribution in [2.45, 2.75) is 25.3 Å². The summed E-state index contributed by atoms with van der Waals surface area (Å²) in [5, 5.41) is 4.24. The van der Waals surface area contributed by atoms with E-state index in [1.165, 1.54) is 12.8 Å². The molecule has 17 heavy (non-hydrogen) atoms. The largest absolute Gasteiger partial charge is 0.383 e. The van der Waals surface area contributed by atoms with Gasteiger partial charge in [0, 0.05) is 19.2 Å². The molecule has 0 saturated heterocycles. The van der Waals surface area contributed by atoms with Crippen molar-refractivity contribution in [3.05, 3.63) is 11.9 Å². The number of methoxy groups -OCH3 is 1. The number of fused-ring (bicyclic) bond motifs is 1. The highest BCUT2D eigenvalue weighted by Gasteiger charge is 2.26. The third kappa shape index (κ3) is 1.84. The maximum Gasteiger partial charge on any atom is 0.179 e. The number of rotatable bonds is 4. The van der Waals surface area contributed by atoms with E-state index in [2.05, 4.69) is 15.1 Å². The van der Waals surface area contributed by atoms with Crippen LogP contribution in [0.5, 0.6) is 0 Å². The third-order valence-electron chi connectivity index (χ3n) is 2.99. The molecule has 0 spiro atoms. The Morgan fingerprint density at radius 3 is 3.06 bits per heavy atom. The van der Waals surface area contributed by atoms with Crippen molar-refractivity contribution in [3.8, 4) is 0 Å². The zero-order chi connectivity index (χ0) is 11.8.